The summed E-state index contributed by atoms with van der Waals surface area (Å²) in [6.07, 6.45) is 0. The van der Waals surface area contributed by atoms with Crippen LogP contribution in [0.4, 0.5) is 0 Å². The molecular formula is C4H16N4. The largest absolute Gasteiger partial charge is 0.329 e. The van der Waals surface area contributed by atoms with Gasteiger partial charge in [-0.15, -0.1) is 0 Å². The molecular weight excluding hydrogens is 104 g/mol. The summed E-state index contributed by atoms with van der Waals surface area (Å²) in [4.78, 5) is 0. The Balaban J connectivity index is 0. The summed E-state index contributed by atoms with van der Waals surface area (Å²) in [5, 5.41) is 2.71. The molecule has 0 aliphatic heterocycles. The van der Waals surface area contributed by atoms with E-state index in [1.54, 1.807) is 7.05 Å². The molecule has 0 saturated carbocycles. The first-order chi connectivity index (χ1) is 3.83. The smallest absolute Gasteiger partial charge is 0.0426 e. The fraction of sp³-hybridized carbons (Fsp3) is 1.00. The molecule has 0 aliphatic rings. The molecule has 0 rings (SSSR count). The van der Waals surface area contributed by atoms with Crippen molar-refractivity contribution < 1.29 is 0 Å². The van der Waals surface area contributed by atoms with Gasteiger partial charge in [-0.25, -0.2) is 0 Å². The van der Waals surface area contributed by atoms with Crippen molar-refractivity contribution in [1.82, 2.24) is 5.32 Å². The van der Waals surface area contributed by atoms with Crippen LogP contribution in [0, 0.1) is 0 Å². The van der Waals surface area contributed by atoms with Gasteiger partial charge in [0, 0.05) is 19.8 Å². The van der Waals surface area contributed by atoms with Crippen LogP contribution in [0.1, 0.15) is 0 Å². The quantitative estimate of drug-likeness (QED) is 0.318. The van der Waals surface area contributed by atoms with E-state index >= 15 is 0 Å². The Bertz CT molecular complexity index is 16.0. The molecule has 0 aliphatic carbocycles. The minimum Gasteiger partial charge on any atom is -0.329 e. The first kappa shape index (κ1) is 10.8. The van der Waals surface area contributed by atoms with Gasteiger partial charge < -0.3 is 22.5 Å². The summed E-state index contributed by atoms with van der Waals surface area (Å²) in [6.45, 7) is 1.76. The average molecular weight is 120 g/mol. The normalized spacial score (nSPS) is 7.50. The van der Waals surface area contributed by atoms with Crippen molar-refractivity contribution in [2.45, 2.75) is 0 Å². The van der Waals surface area contributed by atoms with Crippen LogP contribution in [0.3, 0.4) is 0 Å². The van der Waals surface area contributed by atoms with Crippen LogP contribution in [0.25, 0.3) is 0 Å². The average Bonchev–Trinajstić information content (AvgIpc) is 1.88. The molecule has 7 N–H and O–H groups in total. The van der Waals surface area contributed by atoms with Crippen molar-refractivity contribution in [3.05, 3.63) is 0 Å². The molecule has 0 saturated heterocycles. The van der Waals surface area contributed by atoms with Gasteiger partial charge in [-0.3, -0.25) is 0 Å². The molecule has 4 nitrogen and oxygen atoms in total. The van der Waals surface area contributed by atoms with E-state index in [9.17, 15) is 0 Å². The number of nitrogens with one attached hydrogen (secondary N) is 1. The lowest BCUT2D eigenvalue weighted by Gasteiger charge is -1.77. The predicted molar refractivity (Wildman–Crippen MR) is 36.2 cm³/mol. The number of hydrogen-bond acceptors (Lipinski definition) is 4. The maximum Gasteiger partial charge on any atom is 0.0426 e. The van der Waals surface area contributed by atoms with Gasteiger partial charge in [0.2, 0.25) is 0 Å². The Hall–Kier alpha value is -0.160. The van der Waals surface area contributed by atoms with Gasteiger partial charge in [-0.1, -0.05) is 0 Å². The SMILES string of the molecule is CNCN.NCCN. The number of rotatable bonds is 2. The minimum atomic E-state index is 0.569. The van der Waals surface area contributed by atoms with Crippen LogP contribution in [-0.4, -0.2) is 26.8 Å². The second-order valence-electron chi connectivity index (χ2n) is 1.14. The molecule has 0 radical (unpaired) electrons. The van der Waals surface area contributed by atoms with Crippen molar-refractivity contribution in [2.24, 2.45) is 17.2 Å². The molecule has 0 atom stereocenters. The Morgan fingerprint density at radius 1 is 1.12 bits per heavy atom. The topological polar surface area (TPSA) is 90.1 Å². The van der Waals surface area contributed by atoms with E-state index in [1.165, 1.54) is 0 Å². The highest BCUT2D eigenvalue weighted by Gasteiger charge is 1.54. The van der Waals surface area contributed by atoms with Crippen LogP contribution in [0.15, 0.2) is 0 Å². The van der Waals surface area contributed by atoms with Crippen molar-refractivity contribution in [3.8, 4) is 0 Å². The second kappa shape index (κ2) is 15.8. The molecule has 0 aromatic heterocycles. The standard InChI is InChI=1S/2C2H8N2/c1-4-2-3;3-1-2-4/h4H,2-3H2,1H3;1-4H2. The van der Waals surface area contributed by atoms with Gasteiger partial charge in [0.1, 0.15) is 0 Å². The Labute approximate surface area is 50.4 Å². The van der Waals surface area contributed by atoms with Gasteiger partial charge in [-0.05, 0) is 7.05 Å². The zero-order valence-electron chi connectivity index (χ0n) is 5.35. The van der Waals surface area contributed by atoms with E-state index in [0.717, 1.165) is 0 Å². The van der Waals surface area contributed by atoms with Gasteiger partial charge in [0.15, 0.2) is 0 Å². The Morgan fingerprint density at radius 3 is 1.38 bits per heavy atom. The van der Waals surface area contributed by atoms with Crippen LogP contribution in [0.5, 0.6) is 0 Å². The van der Waals surface area contributed by atoms with E-state index in [-0.39, 0.29) is 0 Å². The lowest BCUT2D eigenvalue weighted by molar-refractivity contribution is 0.833. The van der Waals surface area contributed by atoms with Crippen LogP contribution in [-0.2, 0) is 0 Å². The molecule has 0 spiro atoms. The first-order valence-electron chi connectivity index (χ1n) is 2.58. The van der Waals surface area contributed by atoms with Crippen LogP contribution < -0.4 is 22.5 Å². The van der Waals surface area contributed by atoms with Crippen molar-refractivity contribution in [3.63, 3.8) is 0 Å². The van der Waals surface area contributed by atoms with E-state index in [4.69, 9.17) is 17.2 Å². The lowest BCUT2D eigenvalue weighted by atomic mass is 10.7. The molecule has 0 unspecified atom stereocenters. The molecule has 8 heavy (non-hydrogen) atoms. The number of hydrogen-bond donors (Lipinski definition) is 4. The third kappa shape index (κ3) is 40.4. The van der Waals surface area contributed by atoms with Gasteiger partial charge in [0.05, 0.1) is 0 Å². The predicted octanol–water partition coefficient (Wildman–Crippen LogP) is -1.97. The molecule has 4 heteroatoms. The summed E-state index contributed by atoms with van der Waals surface area (Å²) in [7, 11) is 1.81. The Morgan fingerprint density at radius 2 is 1.38 bits per heavy atom. The highest BCUT2D eigenvalue weighted by molar-refractivity contribution is 4.26. The van der Waals surface area contributed by atoms with E-state index in [0.29, 0.717) is 19.8 Å². The van der Waals surface area contributed by atoms with Gasteiger partial charge in [-0.2, -0.15) is 0 Å². The zero-order chi connectivity index (χ0) is 6.83. The van der Waals surface area contributed by atoms with E-state index in [1.807, 2.05) is 0 Å². The molecule has 0 bridgehead atoms. The monoisotopic (exact) mass is 120 g/mol. The molecule has 0 fully saturated rings. The first-order valence-corrected chi connectivity index (χ1v) is 2.58. The van der Waals surface area contributed by atoms with Gasteiger partial charge in [0.25, 0.3) is 0 Å². The van der Waals surface area contributed by atoms with Crippen molar-refractivity contribution >= 4 is 0 Å². The molecule has 0 aromatic rings. The molecule has 0 heterocycles. The fourth-order valence-corrected chi connectivity index (χ4v) is 0. The summed E-state index contributed by atoms with van der Waals surface area (Å²) in [5.74, 6) is 0. The molecule has 52 valence electrons. The van der Waals surface area contributed by atoms with Crippen LogP contribution in [0.2, 0.25) is 0 Å². The molecule has 0 amide bonds. The lowest BCUT2D eigenvalue weighted by Crippen LogP contribution is -2.15. The summed E-state index contributed by atoms with van der Waals surface area (Å²) < 4.78 is 0. The van der Waals surface area contributed by atoms with Crippen molar-refractivity contribution in [2.75, 3.05) is 26.8 Å². The summed E-state index contributed by atoms with van der Waals surface area (Å²) in [6, 6.07) is 0. The summed E-state index contributed by atoms with van der Waals surface area (Å²) >= 11 is 0. The Kier molecular flexibility index (Phi) is 21.3. The molecule has 0 aromatic carbocycles. The van der Waals surface area contributed by atoms with E-state index in [2.05, 4.69) is 5.32 Å². The van der Waals surface area contributed by atoms with Gasteiger partial charge >= 0.3 is 0 Å². The third-order valence-electron chi connectivity index (χ3n) is 0.371. The zero-order valence-corrected chi connectivity index (χ0v) is 5.35. The second-order valence-corrected chi connectivity index (χ2v) is 1.14. The highest BCUT2D eigenvalue weighted by atomic mass is 14.9. The maximum atomic E-state index is 4.92. The number of nitrogens with two attached hydrogens (primary N) is 3. The van der Waals surface area contributed by atoms with E-state index < -0.39 is 0 Å². The fourth-order valence-electron chi connectivity index (χ4n) is 0. The maximum absolute atomic E-state index is 4.92. The summed E-state index contributed by atoms with van der Waals surface area (Å²) in [5.41, 5.74) is 14.7. The van der Waals surface area contributed by atoms with Crippen molar-refractivity contribution in [1.29, 1.82) is 0 Å². The third-order valence-corrected chi connectivity index (χ3v) is 0.371. The highest BCUT2D eigenvalue weighted by Crippen LogP contribution is 1.24. The van der Waals surface area contributed by atoms with Crippen LogP contribution >= 0.6 is 0 Å². The minimum absolute atomic E-state index is 0.569.